The Morgan fingerprint density at radius 3 is 2.47 bits per heavy atom. The monoisotopic (exact) mass is 513 g/mol. The molecular weight excluding hydrogens is 478 g/mol. The number of anilines is 1. The number of aryl methyl sites for hydroxylation is 1. The van der Waals surface area contributed by atoms with Gasteiger partial charge in [0.15, 0.2) is 16.7 Å². The first-order valence-electron chi connectivity index (χ1n) is 13.4. The Hall–Kier alpha value is -2.68. The second kappa shape index (κ2) is 11.2. The molecule has 1 aliphatic carbocycles. The minimum Gasteiger partial charge on any atom is -0.355 e. The molecule has 10 heteroatoms. The molecule has 2 fully saturated rings. The maximum Gasteiger partial charge on any atom is 0.274 e. The van der Waals surface area contributed by atoms with Crippen LogP contribution in [-0.2, 0) is 24.2 Å². The van der Waals surface area contributed by atoms with E-state index in [1.807, 2.05) is 11.0 Å². The molecule has 5 rings (SSSR count). The minimum atomic E-state index is -0.00285. The van der Waals surface area contributed by atoms with Crippen LogP contribution in [0.2, 0.25) is 5.15 Å². The molecule has 3 aliphatic rings. The number of hydrogen-bond acceptors (Lipinski definition) is 6. The average molecular weight is 514 g/mol. The highest BCUT2D eigenvalue weighted by molar-refractivity contribution is 6.29. The van der Waals surface area contributed by atoms with Gasteiger partial charge in [-0.3, -0.25) is 14.3 Å². The predicted octanol–water partition coefficient (Wildman–Crippen LogP) is 3.25. The molecular formula is C26H36ClN7O2. The first kappa shape index (κ1) is 25.0. The second-order valence-electron chi connectivity index (χ2n) is 10.4. The molecule has 2 amide bonds. The van der Waals surface area contributed by atoms with Crippen LogP contribution in [0.15, 0.2) is 12.1 Å². The van der Waals surface area contributed by atoms with Crippen LogP contribution in [0, 0.1) is 5.92 Å². The molecule has 9 nitrogen and oxygen atoms in total. The Bertz CT molecular complexity index is 1070. The van der Waals surface area contributed by atoms with Crippen molar-refractivity contribution < 1.29 is 9.59 Å². The van der Waals surface area contributed by atoms with Crippen LogP contribution >= 0.6 is 11.6 Å². The van der Waals surface area contributed by atoms with Gasteiger partial charge >= 0.3 is 0 Å². The van der Waals surface area contributed by atoms with Gasteiger partial charge in [0.1, 0.15) is 0 Å². The Labute approximate surface area is 217 Å². The summed E-state index contributed by atoms with van der Waals surface area (Å²) in [5.74, 6) is 1.59. The number of likely N-dealkylation sites (tertiary alicyclic amines) is 1. The van der Waals surface area contributed by atoms with Gasteiger partial charge < -0.3 is 15.1 Å². The highest BCUT2D eigenvalue weighted by Gasteiger charge is 2.31. The molecule has 2 aromatic heterocycles. The minimum absolute atomic E-state index is 0.00285. The molecule has 0 bridgehead atoms. The summed E-state index contributed by atoms with van der Waals surface area (Å²) in [6, 6.07) is 3.89. The average Bonchev–Trinajstić information content (AvgIpc) is 3.27. The number of nitrogens with one attached hydrogen (secondary N) is 1. The van der Waals surface area contributed by atoms with E-state index in [0.29, 0.717) is 29.9 Å². The number of halogens is 1. The molecule has 0 atom stereocenters. The highest BCUT2D eigenvalue weighted by Crippen LogP contribution is 2.29. The molecule has 4 heterocycles. The van der Waals surface area contributed by atoms with E-state index in [4.69, 9.17) is 16.7 Å². The van der Waals surface area contributed by atoms with Gasteiger partial charge in [0.25, 0.3) is 5.91 Å². The fourth-order valence-corrected chi connectivity index (χ4v) is 6.03. The van der Waals surface area contributed by atoms with Gasteiger partial charge in [-0.15, -0.1) is 10.2 Å². The lowest BCUT2D eigenvalue weighted by Gasteiger charge is -2.32. The summed E-state index contributed by atoms with van der Waals surface area (Å²) < 4.78 is 2.14. The number of fused-ring (bicyclic) bond motifs is 1. The van der Waals surface area contributed by atoms with Gasteiger partial charge in [-0.2, -0.15) is 5.10 Å². The van der Waals surface area contributed by atoms with Crippen molar-refractivity contribution in [3.63, 3.8) is 0 Å². The van der Waals surface area contributed by atoms with Crippen LogP contribution in [0.3, 0.4) is 0 Å². The zero-order chi connectivity index (χ0) is 25.1. The van der Waals surface area contributed by atoms with Crippen molar-refractivity contribution in [1.29, 1.82) is 0 Å². The SMILES string of the molecule is CC(=O)NC1CCN(C(=O)c2nn(CCC3CCN(c4ccc(Cl)nn4)CC3)c3c2CCCC3)CC1. The van der Waals surface area contributed by atoms with E-state index in [9.17, 15) is 9.59 Å². The van der Waals surface area contributed by atoms with Crippen LogP contribution in [0.1, 0.15) is 73.6 Å². The van der Waals surface area contributed by atoms with Crippen molar-refractivity contribution in [2.24, 2.45) is 5.92 Å². The number of aromatic nitrogens is 4. The molecule has 0 unspecified atom stereocenters. The lowest BCUT2D eigenvalue weighted by atomic mass is 9.93. The number of nitrogens with zero attached hydrogens (tertiary/aromatic N) is 6. The van der Waals surface area contributed by atoms with Crippen molar-refractivity contribution in [1.82, 2.24) is 30.2 Å². The third-order valence-electron chi connectivity index (χ3n) is 7.95. The van der Waals surface area contributed by atoms with Gasteiger partial charge in [0.05, 0.1) is 0 Å². The molecule has 194 valence electrons. The van der Waals surface area contributed by atoms with Crippen LogP contribution < -0.4 is 10.2 Å². The summed E-state index contributed by atoms with van der Waals surface area (Å²) in [4.78, 5) is 29.0. The summed E-state index contributed by atoms with van der Waals surface area (Å²) >= 11 is 5.87. The fraction of sp³-hybridized carbons (Fsp3) is 0.654. The van der Waals surface area contributed by atoms with Crippen molar-refractivity contribution in [3.8, 4) is 0 Å². The maximum atomic E-state index is 13.4. The highest BCUT2D eigenvalue weighted by atomic mass is 35.5. The van der Waals surface area contributed by atoms with E-state index in [0.717, 1.165) is 83.2 Å². The van der Waals surface area contributed by atoms with Crippen molar-refractivity contribution in [2.75, 3.05) is 31.1 Å². The van der Waals surface area contributed by atoms with E-state index in [2.05, 4.69) is 25.1 Å². The molecule has 1 N–H and O–H groups in total. The third kappa shape index (κ3) is 5.66. The predicted molar refractivity (Wildman–Crippen MR) is 138 cm³/mol. The van der Waals surface area contributed by atoms with Crippen LogP contribution in [0.4, 0.5) is 5.82 Å². The van der Waals surface area contributed by atoms with E-state index in [-0.39, 0.29) is 17.9 Å². The summed E-state index contributed by atoms with van der Waals surface area (Å²) in [5.41, 5.74) is 3.11. The molecule has 2 aliphatic heterocycles. The number of amides is 2. The molecule has 36 heavy (non-hydrogen) atoms. The Balaban J connectivity index is 1.19. The molecule has 0 radical (unpaired) electrons. The van der Waals surface area contributed by atoms with E-state index in [1.165, 1.54) is 11.3 Å². The van der Waals surface area contributed by atoms with Gasteiger partial charge in [-0.1, -0.05) is 11.6 Å². The van der Waals surface area contributed by atoms with E-state index in [1.54, 1.807) is 13.0 Å². The first-order chi connectivity index (χ1) is 17.5. The van der Waals surface area contributed by atoms with Crippen molar-refractivity contribution in [3.05, 3.63) is 34.2 Å². The zero-order valence-corrected chi connectivity index (χ0v) is 21.8. The van der Waals surface area contributed by atoms with E-state index >= 15 is 0 Å². The summed E-state index contributed by atoms with van der Waals surface area (Å²) in [6.07, 6.45) is 9.14. The molecule has 0 spiro atoms. The number of hydrogen-bond donors (Lipinski definition) is 1. The Morgan fingerprint density at radius 1 is 1.03 bits per heavy atom. The van der Waals surface area contributed by atoms with Gasteiger partial charge in [-0.25, -0.2) is 0 Å². The number of carbonyl (C=O) groups is 2. The second-order valence-corrected chi connectivity index (χ2v) is 10.8. The number of carbonyl (C=O) groups excluding carboxylic acids is 2. The van der Waals surface area contributed by atoms with Crippen molar-refractivity contribution >= 4 is 29.2 Å². The van der Waals surface area contributed by atoms with E-state index < -0.39 is 0 Å². The summed E-state index contributed by atoms with van der Waals surface area (Å²) in [6.45, 7) is 5.69. The van der Waals surface area contributed by atoms with Crippen LogP contribution in [0.5, 0.6) is 0 Å². The van der Waals surface area contributed by atoms with Gasteiger partial charge in [0, 0.05) is 56.9 Å². The molecule has 2 saturated heterocycles. The number of piperidine rings is 2. The third-order valence-corrected chi connectivity index (χ3v) is 8.16. The standard InChI is InChI=1S/C26H36ClN7O2/c1-18(35)28-20-11-15-33(16-12-20)26(36)25-21-4-2-3-5-22(21)34(31-25)17-10-19-8-13-32(14-9-19)24-7-6-23(27)29-30-24/h6-7,19-20H,2-5,8-17H2,1H3,(H,28,35). The van der Waals surface area contributed by atoms with Gasteiger partial charge in [0.2, 0.25) is 5.91 Å². The largest absolute Gasteiger partial charge is 0.355 e. The quantitative estimate of drug-likeness (QED) is 0.637. The zero-order valence-electron chi connectivity index (χ0n) is 21.1. The normalized spacial score (nSPS) is 19.3. The maximum absolute atomic E-state index is 13.4. The van der Waals surface area contributed by atoms with Crippen molar-refractivity contribution in [2.45, 2.75) is 77.3 Å². The van der Waals surface area contributed by atoms with Crippen LogP contribution in [0.25, 0.3) is 0 Å². The molecule has 0 aromatic carbocycles. The number of rotatable bonds is 6. The lowest BCUT2D eigenvalue weighted by molar-refractivity contribution is -0.119. The topological polar surface area (TPSA) is 96.2 Å². The summed E-state index contributed by atoms with van der Waals surface area (Å²) in [5, 5.41) is 16.5. The smallest absolute Gasteiger partial charge is 0.274 e. The Morgan fingerprint density at radius 2 is 1.78 bits per heavy atom. The van der Waals surface area contributed by atoms with Crippen LogP contribution in [-0.4, -0.2) is 68.9 Å². The fourth-order valence-electron chi connectivity index (χ4n) is 5.92. The summed E-state index contributed by atoms with van der Waals surface area (Å²) in [7, 11) is 0. The first-order valence-corrected chi connectivity index (χ1v) is 13.7. The van der Waals surface area contributed by atoms with Gasteiger partial charge in [-0.05, 0) is 75.8 Å². The Kier molecular flexibility index (Phi) is 7.74. The molecule has 0 saturated carbocycles. The lowest BCUT2D eigenvalue weighted by Crippen LogP contribution is -2.46. The molecule has 2 aromatic rings.